The van der Waals surface area contributed by atoms with E-state index >= 15 is 0 Å². The van der Waals surface area contributed by atoms with Gasteiger partial charge in [0.2, 0.25) is 5.91 Å². The van der Waals surface area contributed by atoms with E-state index in [0.29, 0.717) is 16.7 Å². The van der Waals surface area contributed by atoms with Gasteiger partial charge in [-0.05, 0) is 11.4 Å². The molecule has 0 fully saturated rings. The van der Waals surface area contributed by atoms with Crippen LogP contribution in [0.3, 0.4) is 0 Å². The van der Waals surface area contributed by atoms with Crippen LogP contribution in [0.15, 0.2) is 16.6 Å². The lowest BCUT2D eigenvalue weighted by atomic mass is 10.4. The number of amides is 1. The Balaban J connectivity index is 1.94. The van der Waals surface area contributed by atoms with Gasteiger partial charge in [-0.15, -0.1) is 11.3 Å². The van der Waals surface area contributed by atoms with E-state index in [2.05, 4.69) is 9.97 Å². The van der Waals surface area contributed by atoms with Crippen molar-refractivity contribution in [1.29, 1.82) is 0 Å². The summed E-state index contributed by atoms with van der Waals surface area (Å²) in [5.74, 6) is -0.213. The molecule has 0 saturated heterocycles. The summed E-state index contributed by atoms with van der Waals surface area (Å²) in [6.45, 7) is 0. The Hall–Kier alpha value is -1.39. The number of thioether (sulfide) groups is 1. The molecule has 10 heteroatoms. The SMILES string of the molecule is NC(=O)CCS(=O)(=O)CCSc1nc(N)c2ccsc2n1. The third-order valence-electron chi connectivity index (χ3n) is 2.62. The second kappa shape index (κ2) is 6.58. The first-order valence-electron chi connectivity index (χ1n) is 5.99. The quantitative estimate of drug-likeness (QED) is 0.556. The fourth-order valence-electron chi connectivity index (χ4n) is 1.54. The molecule has 0 unspecified atom stereocenters. The number of carbonyl (C=O) groups excluding carboxylic acids is 1. The summed E-state index contributed by atoms with van der Waals surface area (Å²) in [5.41, 5.74) is 10.7. The van der Waals surface area contributed by atoms with Gasteiger partial charge in [-0.25, -0.2) is 18.4 Å². The van der Waals surface area contributed by atoms with E-state index in [9.17, 15) is 13.2 Å². The number of nitrogen functional groups attached to an aromatic ring is 1. The number of thiophene rings is 1. The maximum atomic E-state index is 11.7. The zero-order valence-corrected chi connectivity index (χ0v) is 13.4. The molecule has 4 N–H and O–H groups in total. The van der Waals surface area contributed by atoms with E-state index in [-0.39, 0.29) is 17.9 Å². The lowest BCUT2D eigenvalue weighted by molar-refractivity contribution is -0.117. The molecule has 0 atom stereocenters. The first kappa shape index (κ1) is 16.0. The van der Waals surface area contributed by atoms with Gasteiger partial charge in [0, 0.05) is 12.2 Å². The zero-order valence-electron chi connectivity index (χ0n) is 11.0. The third kappa shape index (κ3) is 4.55. The van der Waals surface area contributed by atoms with E-state index in [1.54, 1.807) is 0 Å². The molecule has 114 valence electrons. The van der Waals surface area contributed by atoms with Gasteiger partial charge in [-0.2, -0.15) is 0 Å². The average Bonchev–Trinajstić information content (AvgIpc) is 2.85. The molecule has 2 aromatic rings. The van der Waals surface area contributed by atoms with Crippen molar-refractivity contribution >= 4 is 54.9 Å². The molecule has 0 spiro atoms. The molecule has 0 saturated carbocycles. The third-order valence-corrected chi connectivity index (χ3v) is 6.19. The summed E-state index contributed by atoms with van der Waals surface area (Å²) in [7, 11) is -3.29. The van der Waals surface area contributed by atoms with Crippen molar-refractivity contribution < 1.29 is 13.2 Å². The van der Waals surface area contributed by atoms with Crippen LogP contribution in [0.2, 0.25) is 0 Å². The number of carbonyl (C=O) groups is 1. The molecular formula is C11H14N4O3S3. The summed E-state index contributed by atoms with van der Waals surface area (Å²) in [6, 6.07) is 1.85. The van der Waals surface area contributed by atoms with Crippen LogP contribution in [0.1, 0.15) is 6.42 Å². The second-order valence-electron chi connectivity index (χ2n) is 4.25. The number of nitrogens with zero attached hydrogens (tertiary/aromatic N) is 2. The number of anilines is 1. The van der Waals surface area contributed by atoms with Crippen LogP contribution >= 0.6 is 23.1 Å². The van der Waals surface area contributed by atoms with Gasteiger partial charge in [-0.3, -0.25) is 4.79 Å². The van der Waals surface area contributed by atoms with Gasteiger partial charge >= 0.3 is 0 Å². The molecule has 0 aliphatic rings. The Morgan fingerprint density at radius 3 is 2.81 bits per heavy atom. The van der Waals surface area contributed by atoms with Crippen molar-refractivity contribution in [2.75, 3.05) is 23.0 Å². The van der Waals surface area contributed by atoms with E-state index < -0.39 is 15.7 Å². The lowest BCUT2D eigenvalue weighted by Crippen LogP contribution is -2.19. The summed E-state index contributed by atoms with van der Waals surface area (Å²) in [6.07, 6.45) is -0.155. The highest BCUT2D eigenvalue weighted by molar-refractivity contribution is 8.00. The van der Waals surface area contributed by atoms with Crippen molar-refractivity contribution in [3.8, 4) is 0 Å². The van der Waals surface area contributed by atoms with Gasteiger partial charge in [0.25, 0.3) is 0 Å². The molecule has 1 amide bonds. The van der Waals surface area contributed by atoms with E-state index in [4.69, 9.17) is 11.5 Å². The first-order chi connectivity index (χ1) is 9.87. The van der Waals surface area contributed by atoms with Crippen LogP contribution < -0.4 is 11.5 Å². The summed E-state index contributed by atoms with van der Waals surface area (Å²) in [4.78, 5) is 19.8. The first-order valence-corrected chi connectivity index (χ1v) is 9.68. The molecule has 0 bridgehead atoms. The smallest absolute Gasteiger partial charge is 0.218 e. The predicted molar refractivity (Wildman–Crippen MR) is 85.0 cm³/mol. The van der Waals surface area contributed by atoms with Crippen molar-refractivity contribution in [3.63, 3.8) is 0 Å². The maximum absolute atomic E-state index is 11.7. The fourth-order valence-corrected chi connectivity index (χ4v) is 4.94. The van der Waals surface area contributed by atoms with Crippen LogP contribution in [0.4, 0.5) is 5.82 Å². The van der Waals surface area contributed by atoms with Crippen LogP contribution in [0.25, 0.3) is 10.2 Å². The van der Waals surface area contributed by atoms with E-state index in [1.807, 2.05) is 11.4 Å². The predicted octanol–water partition coefficient (Wildman–Crippen LogP) is 0.656. The van der Waals surface area contributed by atoms with Crippen molar-refractivity contribution in [3.05, 3.63) is 11.4 Å². The number of primary amides is 1. The summed E-state index contributed by atoms with van der Waals surface area (Å²) >= 11 is 2.67. The van der Waals surface area contributed by atoms with Crippen molar-refractivity contribution in [2.24, 2.45) is 5.73 Å². The van der Waals surface area contributed by atoms with Crippen molar-refractivity contribution in [1.82, 2.24) is 9.97 Å². The summed E-state index contributed by atoms with van der Waals surface area (Å²) < 4.78 is 23.4. The van der Waals surface area contributed by atoms with Crippen LogP contribution in [0, 0.1) is 0 Å². The molecule has 0 radical (unpaired) electrons. The monoisotopic (exact) mass is 346 g/mol. The van der Waals surface area contributed by atoms with Gasteiger partial charge < -0.3 is 11.5 Å². The highest BCUT2D eigenvalue weighted by Crippen LogP contribution is 2.26. The Labute approximate surface area is 130 Å². The molecule has 2 rings (SSSR count). The van der Waals surface area contributed by atoms with Gasteiger partial charge in [-0.1, -0.05) is 11.8 Å². The Morgan fingerprint density at radius 1 is 1.33 bits per heavy atom. The van der Waals surface area contributed by atoms with Crippen LogP contribution in [-0.2, 0) is 14.6 Å². The zero-order chi connectivity index (χ0) is 15.5. The van der Waals surface area contributed by atoms with Crippen LogP contribution in [-0.4, -0.2) is 41.6 Å². The number of rotatable bonds is 7. The average molecular weight is 346 g/mol. The van der Waals surface area contributed by atoms with Crippen LogP contribution in [0.5, 0.6) is 0 Å². The number of sulfone groups is 1. The Bertz CT molecular complexity index is 757. The minimum Gasteiger partial charge on any atom is -0.383 e. The van der Waals surface area contributed by atoms with E-state index in [0.717, 1.165) is 10.2 Å². The highest BCUT2D eigenvalue weighted by Gasteiger charge is 2.13. The van der Waals surface area contributed by atoms with E-state index in [1.165, 1.54) is 23.1 Å². The lowest BCUT2D eigenvalue weighted by Gasteiger charge is -2.03. The number of hydrogen-bond donors (Lipinski definition) is 2. The maximum Gasteiger partial charge on any atom is 0.218 e. The van der Waals surface area contributed by atoms with Gasteiger partial charge in [0.15, 0.2) is 15.0 Å². The molecule has 0 aliphatic heterocycles. The topological polar surface area (TPSA) is 129 Å². The molecule has 0 aliphatic carbocycles. The minimum atomic E-state index is -3.29. The molecule has 2 heterocycles. The Morgan fingerprint density at radius 2 is 2.10 bits per heavy atom. The highest BCUT2D eigenvalue weighted by atomic mass is 32.2. The van der Waals surface area contributed by atoms with Crippen molar-refractivity contribution in [2.45, 2.75) is 11.6 Å². The second-order valence-corrected chi connectivity index (χ2v) is 8.51. The number of hydrogen-bond acceptors (Lipinski definition) is 8. The number of aromatic nitrogens is 2. The summed E-state index contributed by atoms with van der Waals surface area (Å²) in [5, 5.41) is 3.13. The minimum absolute atomic E-state index is 0.0588. The molecule has 7 nitrogen and oxygen atoms in total. The molecular weight excluding hydrogens is 332 g/mol. The molecule has 2 aromatic heterocycles. The largest absolute Gasteiger partial charge is 0.383 e. The number of fused-ring (bicyclic) bond motifs is 1. The standard InChI is InChI=1S/C11H14N4O3S3/c12-8(16)2-5-21(17,18)6-4-20-11-14-9(13)7-1-3-19-10(7)15-11/h1,3H,2,4-6H2,(H2,12,16)(H2,13,14,15). The number of nitrogens with two attached hydrogens (primary N) is 2. The molecule has 0 aromatic carbocycles. The van der Waals surface area contributed by atoms with Gasteiger partial charge in [0.05, 0.1) is 16.9 Å². The molecule has 21 heavy (non-hydrogen) atoms. The normalized spacial score (nSPS) is 11.8. The van der Waals surface area contributed by atoms with Gasteiger partial charge in [0.1, 0.15) is 10.6 Å². The Kier molecular flexibility index (Phi) is 5.01. The fraction of sp³-hybridized carbons (Fsp3) is 0.364.